The van der Waals surface area contributed by atoms with E-state index in [2.05, 4.69) is 9.71 Å². The van der Waals surface area contributed by atoms with Crippen LogP contribution in [0, 0.1) is 0 Å². The predicted octanol–water partition coefficient (Wildman–Crippen LogP) is 3.81. The molecule has 0 atom stereocenters. The van der Waals surface area contributed by atoms with E-state index < -0.39 is 10.0 Å². The highest BCUT2D eigenvalue weighted by Gasteiger charge is 2.20. The molecule has 28 heavy (non-hydrogen) atoms. The minimum atomic E-state index is -3.86. The third-order valence-electron chi connectivity index (χ3n) is 4.01. The van der Waals surface area contributed by atoms with Crippen molar-refractivity contribution in [2.24, 2.45) is 0 Å². The van der Waals surface area contributed by atoms with Gasteiger partial charge in [0, 0.05) is 31.0 Å². The minimum absolute atomic E-state index is 0.0582. The lowest BCUT2D eigenvalue weighted by atomic mass is 10.1. The standard InChI is InChI=1S/C20H18ClN3O3S/c1-24(14-15-5-4-12-22-13-15)20(25)18-6-2-3-7-19(18)23-28(26,27)17-10-8-16(21)9-11-17/h2-13,23H,14H2,1H3. The number of rotatable bonds is 6. The van der Waals surface area contributed by atoms with Crippen LogP contribution in [0.5, 0.6) is 0 Å². The van der Waals surface area contributed by atoms with Crippen molar-refractivity contribution in [1.29, 1.82) is 0 Å². The molecule has 1 aromatic heterocycles. The number of sulfonamides is 1. The van der Waals surface area contributed by atoms with E-state index in [9.17, 15) is 13.2 Å². The molecule has 0 aliphatic rings. The number of hydrogen-bond donors (Lipinski definition) is 1. The number of pyridine rings is 1. The van der Waals surface area contributed by atoms with Gasteiger partial charge in [-0.15, -0.1) is 0 Å². The summed E-state index contributed by atoms with van der Waals surface area (Å²) in [6.07, 6.45) is 3.34. The molecule has 3 aromatic rings. The Bertz CT molecular complexity index is 1070. The molecule has 0 saturated heterocycles. The van der Waals surface area contributed by atoms with E-state index in [0.29, 0.717) is 11.6 Å². The Morgan fingerprint density at radius 3 is 2.46 bits per heavy atom. The highest BCUT2D eigenvalue weighted by Crippen LogP contribution is 2.22. The van der Waals surface area contributed by atoms with E-state index in [0.717, 1.165) is 5.56 Å². The summed E-state index contributed by atoms with van der Waals surface area (Å²) in [4.78, 5) is 18.5. The molecule has 3 rings (SSSR count). The lowest BCUT2D eigenvalue weighted by Gasteiger charge is -2.19. The van der Waals surface area contributed by atoms with Gasteiger partial charge in [-0.2, -0.15) is 0 Å². The lowest BCUT2D eigenvalue weighted by Crippen LogP contribution is -2.27. The molecule has 0 unspecified atom stereocenters. The van der Waals surface area contributed by atoms with Crippen molar-refractivity contribution in [2.45, 2.75) is 11.4 Å². The van der Waals surface area contributed by atoms with Gasteiger partial charge in [-0.25, -0.2) is 8.42 Å². The fraction of sp³-hybridized carbons (Fsp3) is 0.100. The Hall–Kier alpha value is -2.90. The van der Waals surface area contributed by atoms with E-state index >= 15 is 0 Å². The molecule has 0 saturated carbocycles. The van der Waals surface area contributed by atoms with Gasteiger partial charge >= 0.3 is 0 Å². The van der Waals surface area contributed by atoms with Gasteiger partial charge in [0.25, 0.3) is 15.9 Å². The summed E-state index contributed by atoms with van der Waals surface area (Å²) in [5.41, 5.74) is 1.34. The number of hydrogen-bond acceptors (Lipinski definition) is 4. The summed E-state index contributed by atoms with van der Waals surface area (Å²) in [7, 11) is -2.21. The van der Waals surface area contributed by atoms with Crippen molar-refractivity contribution in [2.75, 3.05) is 11.8 Å². The van der Waals surface area contributed by atoms with Crippen LogP contribution >= 0.6 is 11.6 Å². The number of nitrogens with zero attached hydrogens (tertiary/aromatic N) is 2. The first-order chi connectivity index (χ1) is 13.4. The van der Waals surface area contributed by atoms with E-state index in [4.69, 9.17) is 11.6 Å². The lowest BCUT2D eigenvalue weighted by molar-refractivity contribution is 0.0786. The second-order valence-corrected chi connectivity index (χ2v) is 8.25. The molecule has 0 spiro atoms. The van der Waals surface area contributed by atoms with Gasteiger partial charge < -0.3 is 4.90 Å². The topological polar surface area (TPSA) is 79.4 Å². The number of aromatic nitrogens is 1. The Morgan fingerprint density at radius 2 is 1.79 bits per heavy atom. The van der Waals surface area contributed by atoms with Crippen molar-refractivity contribution in [3.63, 3.8) is 0 Å². The van der Waals surface area contributed by atoms with Crippen LogP contribution in [-0.2, 0) is 16.6 Å². The first kappa shape index (κ1) is 19.9. The first-order valence-corrected chi connectivity index (χ1v) is 10.2. The maximum atomic E-state index is 12.9. The van der Waals surface area contributed by atoms with Gasteiger partial charge in [-0.05, 0) is 48.0 Å². The fourth-order valence-corrected chi connectivity index (χ4v) is 3.82. The Labute approximate surface area is 168 Å². The molecular formula is C20H18ClN3O3S. The SMILES string of the molecule is CN(Cc1cccnc1)C(=O)c1ccccc1NS(=O)(=O)c1ccc(Cl)cc1. The molecule has 0 aliphatic heterocycles. The van der Waals surface area contributed by atoms with Crippen LogP contribution in [0.2, 0.25) is 5.02 Å². The van der Waals surface area contributed by atoms with Gasteiger partial charge in [0.1, 0.15) is 0 Å². The maximum Gasteiger partial charge on any atom is 0.261 e. The number of carbonyl (C=O) groups excluding carboxylic acids is 1. The quantitative estimate of drug-likeness (QED) is 0.664. The third kappa shape index (κ3) is 4.68. The number of amides is 1. The van der Waals surface area contributed by atoms with Gasteiger partial charge in [-0.1, -0.05) is 29.8 Å². The smallest absolute Gasteiger partial charge is 0.261 e. The summed E-state index contributed by atoms with van der Waals surface area (Å²) in [6, 6.07) is 16.0. The molecule has 0 radical (unpaired) electrons. The average Bonchev–Trinajstić information content (AvgIpc) is 2.68. The maximum absolute atomic E-state index is 12.9. The number of halogens is 1. The predicted molar refractivity (Wildman–Crippen MR) is 109 cm³/mol. The zero-order valence-corrected chi connectivity index (χ0v) is 16.6. The second-order valence-electron chi connectivity index (χ2n) is 6.13. The molecular weight excluding hydrogens is 398 g/mol. The molecule has 1 N–H and O–H groups in total. The van der Waals surface area contributed by atoms with E-state index in [1.54, 1.807) is 49.8 Å². The minimum Gasteiger partial charge on any atom is -0.337 e. The molecule has 2 aromatic carbocycles. The normalized spacial score (nSPS) is 11.1. The number of benzene rings is 2. The largest absolute Gasteiger partial charge is 0.337 e. The van der Waals surface area contributed by atoms with Crippen LogP contribution in [0.3, 0.4) is 0 Å². The van der Waals surface area contributed by atoms with Crippen LogP contribution in [0.25, 0.3) is 0 Å². The fourth-order valence-electron chi connectivity index (χ4n) is 2.62. The molecule has 1 heterocycles. The van der Waals surface area contributed by atoms with Gasteiger partial charge in [-0.3, -0.25) is 14.5 Å². The summed E-state index contributed by atoms with van der Waals surface area (Å²) < 4.78 is 27.8. The van der Waals surface area contributed by atoms with Crippen LogP contribution in [0.15, 0.2) is 78.0 Å². The number of anilines is 1. The van der Waals surface area contributed by atoms with E-state index in [1.165, 1.54) is 29.2 Å². The highest BCUT2D eigenvalue weighted by atomic mass is 35.5. The Kier molecular flexibility index (Phi) is 5.96. The van der Waals surface area contributed by atoms with Crippen LogP contribution in [-0.4, -0.2) is 31.3 Å². The second kappa shape index (κ2) is 8.41. The third-order valence-corrected chi connectivity index (χ3v) is 5.65. The zero-order chi connectivity index (χ0) is 20.1. The molecule has 8 heteroatoms. The highest BCUT2D eigenvalue weighted by molar-refractivity contribution is 7.92. The number of para-hydroxylation sites is 1. The average molecular weight is 416 g/mol. The van der Waals surface area contributed by atoms with Crippen molar-refractivity contribution in [3.8, 4) is 0 Å². The molecule has 0 bridgehead atoms. The van der Waals surface area contributed by atoms with Crippen molar-refractivity contribution < 1.29 is 13.2 Å². The van der Waals surface area contributed by atoms with Crippen molar-refractivity contribution >= 4 is 33.2 Å². The summed E-state index contributed by atoms with van der Waals surface area (Å²) in [5, 5.41) is 0.437. The number of carbonyl (C=O) groups is 1. The summed E-state index contributed by atoms with van der Waals surface area (Å²) in [6.45, 7) is 0.352. The molecule has 6 nitrogen and oxygen atoms in total. The Morgan fingerprint density at radius 1 is 1.07 bits per heavy atom. The van der Waals surface area contributed by atoms with Crippen LogP contribution < -0.4 is 4.72 Å². The van der Waals surface area contributed by atoms with Crippen molar-refractivity contribution in [1.82, 2.24) is 9.88 Å². The van der Waals surface area contributed by atoms with E-state index in [-0.39, 0.29) is 22.1 Å². The zero-order valence-electron chi connectivity index (χ0n) is 15.0. The van der Waals surface area contributed by atoms with Gasteiger partial charge in [0.05, 0.1) is 16.1 Å². The molecule has 1 amide bonds. The first-order valence-electron chi connectivity index (χ1n) is 8.38. The molecule has 0 aliphatic carbocycles. The molecule has 144 valence electrons. The summed E-state index contributed by atoms with van der Waals surface area (Å²) in [5.74, 6) is -0.307. The van der Waals surface area contributed by atoms with E-state index in [1.807, 2.05) is 6.07 Å². The van der Waals surface area contributed by atoms with Crippen LogP contribution in [0.4, 0.5) is 5.69 Å². The summed E-state index contributed by atoms with van der Waals surface area (Å²) >= 11 is 5.82. The van der Waals surface area contributed by atoms with Gasteiger partial charge in [0.2, 0.25) is 0 Å². The van der Waals surface area contributed by atoms with Crippen LogP contribution in [0.1, 0.15) is 15.9 Å². The molecule has 0 fully saturated rings. The monoisotopic (exact) mass is 415 g/mol. The van der Waals surface area contributed by atoms with Gasteiger partial charge in [0.15, 0.2) is 0 Å². The van der Waals surface area contributed by atoms with Crippen molar-refractivity contribution in [3.05, 3.63) is 89.2 Å². The Balaban J connectivity index is 1.84. The number of nitrogens with one attached hydrogen (secondary N) is 1.